The summed E-state index contributed by atoms with van der Waals surface area (Å²) in [4.78, 5) is 24.3. The van der Waals surface area contributed by atoms with Crippen molar-refractivity contribution in [3.05, 3.63) is 51.9 Å². The van der Waals surface area contributed by atoms with E-state index in [0.717, 1.165) is 18.5 Å². The zero-order valence-electron chi connectivity index (χ0n) is 21.0. The molecule has 192 valence electrons. The lowest BCUT2D eigenvalue weighted by atomic mass is 9.73. The highest BCUT2D eigenvalue weighted by atomic mass is 35.5. The van der Waals surface area contributed by atoms with Crippen LogP contribution in [0.15, 0.2) is 18.5 Å². The van der Waals surface area contributed by atoms with Gasteiger partial charge >= 0.3 is 0 Å². The molecule has 8 nitrogen and oxygen atoms in total. The second kappa shape index (κ2) is 9.19. The summed E-state index contributed by atoms with van der Waals surface area (Å²) in [5.41, 5.74) is 8.04. The first-order chi connectivity index (χ1) is 17.1. The lowest BCUT2D eigenvalue weighted by Gasteiger charge is -2.52. The quantitative estimate of drug-likeness (QED) is 0.533. The van der Waals surface area contributed by atoms with Crippen molar-refractivity contribution in [3.8, 4) is 5.75 Å². The molecule has 0 saturated carbocycles. The number of aryl methyl sites for hydroxylation is 1. The number of ether oxygens (including phenoxy) is 2. The number of anilines is 1. The van der Waals surface area contributed by atoms with Crippen molar-refractivity contribution in [1.82, 2.24) is 19.3 Å². The first-order valence-corrected chi connectivity index (χ1v) is 12.6. The van der Waals surface area contributed by atoms with Gasteiger partial charge in [0.25, 0.3) is 5.91 Å². The number of halogens is 2. The van der Waals surface area contributed by atoms with Crippen molar-refractivity contribution < 1.29 is 18.7 Å². The second-order valence-electron chi connectivity index (χ2n) is 10.2. The Morgan fingerprint density at radius 1 is 1.28 bits per heavy atom. The van der Waals surface area contributed by atoms with E-state index in [4.69, 9.17) is 31.8 Å². The molecule has 2 N–H and O–H groups in total. The van der Waals surface area contributed by atoms with Crippen molar-refractivity contribution in [3.63, 3.8) is 0 Å². The van der Waals surface area contributed by atoms with Gasteiger partial charge in [-0.3, -0.25) is 9.20 Å². The minimum atomic E-state index is -0.765. The van der Waals surface area contributed by atoms with Gasteiger partial charge in [0.1, 0.15) is 28.5 Å². The van der Waals surface area contributed by atoms with E-state index in [2.05, 4.69) is 4.98 Å². The van der Waals surface area contributed by atoms with Crippen molar-refractivity contribution in [2.75, 3.05) is 32.0 Å². The van der Waals surface area contributed by atoms with Gasteiger partial charge in [-0.25, -0.2) is 14.4 Å². The molecule has 0 radical (unpaired) electrons. The third kappa shape index (κ3) is 4.08. The molecule has 1 amide bonds. The summed E-state index contributed by atoms with van der Waals surface area (Å²) in [7, 11) is 0. The number of hydrogen-bond donors (Lipinski definition) is 1. The molecule has 10 heteroatoms. The number of fused-ring (bicyclic) bond motifs is 1. The minimum absolute atomic E-state index is 0.0540. The van der Waals surface area contributed by atoms with Gasteiger partial charge in [0.2, 0.25) is 0 Å². The summed E-state index contributed by atoms with van der Waals surface area (Å²) in [5.74, 6) is -0.324. The lowest BCUT2D eigenvalue weighted by molar-refractivity contribution is -0.0668. The standard InChI is InChI=1S/C26H31ClFN5O3/c1-14(2)36-22-17(15(3)24-31-16(4)21-23(29)30-7-8-33(21)24)11-18(27)20(28)19(22)25(34)32-12-26(13-32)5-9-35-10-6-26/h7-8,11,14-15H,5-6,9-10,12-13H2,1-4H3,(H2,29,30). The second-order valence-corrected chi connectivity index (χ2v) is 10.6. The van der Waals surface area contributed by atoms with Crippen LogP contribution in [0.25, 0.3) is 5.52 Å². The fourth-order valence-electron chi connectivity index (χ4n) is 5.40. The molecule has 2 fully saturated rings. The maximum atomic E-state index is 15.5. The molecule has 2 aliphatic heterocycles. The van der Waals surface area contributed by atoms with Gasteiger partial charge in [-0.2, -0.15) is 0 Å². The normalized spacial score (nSPS) is 18.0. The fourth-order valence-corrected chi connectivity index (χ4v) is 5.62. The number of likely N-dealkylation sites (tertiary alicyclic amines) is 1. The number of hydrogen-bond acceptors (Lipinski definition) is 6. The van der Waals surface area contributed by atoms with Crippen LogP contribution in [0.3, 0.4) is 0 Å². The SMILES string of the molecule is Cc1nc(C(C)c2cc(Cl)c(F)c(C(=O)N3CC4(CCOCC4)C3)c2OC(C)C)n2ccnc(N)c12. The topological polar surface area (TPSA) is 95.0 Å². The number of nitrogen functional groups attached to an aromatic ring is 1. The smallest absolute Gasteiger partial charge is 0.260 e. The first-order valence-electron chi connectivity index (χ1n) is 12.3. The third-order valence-corrected chi connectivity index (χ3v) is 7.57. The minimum Gasteiger partial charge on any atom is -0.490 e. The molecule has 2 aliphatic rings. The molecule has 1 atom stereocenters. The van der Waals surface area contributed by atoms with E-state index in [-0.39, 0.29) is 33.8 Å². The molecule has 1 aromatic carbocycles. The van der Waals surface area contributed by atoms with Gasteiger partial charge in [0, 0.05) is 55.6 Å². The molecule has 4 heterocycles. The summed E-state index contributed by atoms with van der Waals surface area (Å²) < 4.78 is 29.0. The number of amides is 1. The van der Waals surface area contributed by atoms with E-state index in [1.807, 2.05) is 32.1 Å². The molecule has 0 aliphatic carbocycles. The number of rotatable bonds is 5. The predicted molar refractivity (Wildman–Crippen MR) is 135 cm³/mol. The Balaban J connectivity index is 1.59. The molecule has 36 heavy (non-hydrogen) atoms. The Morgan fingerprint density at radius 3 is 2.64 bits per heavy atom. The van der Waals surface area contributed by atoms with Crippen LogP contribution in [-0.4, -0.2) is 57.6 Å². The summed E-state index contributed by atoms with van der Waals surface area (Å²) in [6.07, 6.45) is 4.90. The van der Waals surface area contributed by atoms with E-state index in [9.17, 15) is 4.79 Å². The molecular weight excluding hydrogens is 485 g/mol. The summed E-state index contributed by atoms with van der Waals surface area (Å²) in [6, 6.07) is 1.53. The highest BCUT2D eigenvalue weighted by Crippen LogP contribution is 2.44. The molecule has 0 bridgehead atoms. The third-order valence-electron chi connectivity index (χ3n) is 7.30. The van der Waals surface area contributed by atoms with Crippen LogP contribution in [0.1, 0.15) is 67.0 Å². The molecule has 5 rings (SSSR count). The Bertz CT molecular complexity index is 1330. The van der Waals surface area contributed by atoms with E-state index in [1.54, 1.807) is 17.3 Å². The average Bonchev–Trinajstić information content (AvgIpc) is 3.17. The molecule has 1 unspecified atom stereocenters. The maximum absolute atomic E-state index is 15.5. The van der Waals surface area contributed by atoms with Gasteiger partial charge in [0.15, 0.2) is 5.82 Å². The van der Waals surface area contributed by atoms with Gasteiger partial charge < -0.3 is 20.1 Å². The highest BCUT2D eigenvalue weighted by molar-refractivity contribution is 6.31. The molecule has 2 saturated heterocycles. The lowest BCUT2D eigenvalue weighted by Crippen LogP contribution is -2.60. The van der Waals surface area contributed by atoms with Crippen molar-refractivity contribution in [1.29, 1.82) is 0 Å². The van der Waals surface area contributed by atoms with E-state index in [1.165, 1.54) is 6.07 Å². The van der Waals surface area contributed by atoms with Crippen LogP contribution >= 0.6 is 11.6 Å². The Morgan fingerprint density at radius 2 is 1.97 bits per heavy atom. The summed E-state index contributed by atoms with van der Waals surface area (Å²) in [5, 5.41) is -0.128. The van der Waals surface area contributed by atoms with Crippen LogP contribution in [0, 0.1) is 18.2 Å². The van der Waals surface area contributed by atoms with Crippen LogP contribution in [0.2, 0.25) is 5.02 Å². The largest absolute Gasteiger partial charge is 0.490 e. The van der Waals surface area contributed by atoms with E-state index < -0.39 is 11.7 Å². The van der Waals surface area contributed by atoms with Crippen molar-refractivity contribution in [2.45, 2.75) is 52.6 Å². The van der Waals surface area contributed by atoms with Crippen LogP contribution < -0.4 is 10.5 Å². The maximum Gasteiger partial charge on any atom is 0.260 e. The Hall–Kier alpha value is -2.91. The number of imidazole rings is 1. The van der Waals surface area contributed by atoms with Crippen LogP contribution in [0.4, 0.5) is 10.2 Å². The Labute approximate surface area is 214 Å². The number of carbonyl (C=O) groups excluding carboxylic acids is 1. The fraction of sp³-hybridized carbons (Fsp3) is 0.500. The summed E-state index contributed by atoms with van der Waals surface area (Å²) >= 11 is 6.38. The number of benzene rings is 1. The van der Waals surface area contributed by atoms with Crippen LogP contribution in [-0.2, 0) is 4.74 Å². The number of nitrogens with zero attached hydrogens (tertiary/aromatic N) is 4. The predicted octanol–water partition coefficient (Wildman–Crippen LogP) is 4.60. The highest BCUT2D eigenvalue weighted by Gasteiger charge is 2.47. The monoisotopic (exact) mass is 515 g/mol. The van der Waals surface area contributed by atoms with Gasteiger partial charge in [-0.05, 0) is 39.7 Å². The van der Waals surface area contributed by atoms with Gasteiger partial charge in [-0.1, -0.05) is 18.5 Å². The molecular formula is C26H31ClFN5O3. The summed E-state index contributed by atoms with van der Waals surface area (Å²) in [6.45, 7) is 10.00. The molecule has 1 spiro atoms. The van der Waals surface area contributed by atoms with Crippen molar-refractivity contribution in [2.24, 2.45) is 5.41 Å². The Kier molecular flexibility index (Phi) is 6.32. The van der Waals surface area contributed by atoms with E-state index in [0.29, 0.717) is 49.0 Å². The van der Waals surface area contributed by atoms with Gasteiger partial charge in [0.05, 0.1) is 16.8 Å². The number of carbonyl (C=O) groups is 1. The first kappa shape index (κ1) is 24.8. The number of nitrogens with two attached hydrogens (primary N) is 1. The molecule has 3 aromatic rings. The zero-order valence-corrected chi connectivity index (χ0v) is 21.7. The number of aromatic nitrogens is 3. The van der Waals surface area contributed by atoms with Crippen LogP contribution in [0.5, 0.6) is 5.75 Å². The van der Waals surface area contributed by atoms with Gasteiger partial charge in [-0.15, -0.1) is 0 Å². The van der Waals surface area contributed by atoms with Crippen molar-refractivity contribution >= 4 is 28.8 Å². The molecule has 2 aromatic heterocycles. The zero-order chi connectivity index (χ0) is 25.8. The van der Waals surface area contributed by atoms with E-state index >= 15 is 4.39 Å². The average molecular weight is 516 g/mol.